The number of hydrogen-bond donors (Lipinski definition) is 1. The first-order chi connectivity index (χ1) is 5.24. The second kappa shape index (κ2) is 4.36. The number of aliphatic hydroxyl groups is 1. The van der Waals surface area contributed by atoms with Gasteiger partial charge in [-0.1, -0.05) is 13.8 Å². The first kappa shape index (κ1) is 9.40. The largest absolute Gasteiger partial charge is 0.396 e. The van der Waals surface area contributed by atoms with E-state index in [1.54, 1.807) is 0 Å². The minimum Gasteiger partial charge on any atom is -0.396 e. The maximum Gasteiger partial charge on any atom is 0.0456 e. The van der Waals surface area contributed by atoms with Gasteiger partial charge < -0.3 is 5.11 Å². The van der Waals surface area contributed by atoms with Crippen LogP contribution < -0.4 is 0 Å². The summed E-state index contributed by atoms with van der Waals surface area (Å²) in [7, 11) is 0. The van der Waals surface area contributed by atoms with Crippen LogP contribution in [0.3, 0.4) is 0 Å². The Bertz CT molecular complexity index is 116. The highest BCUT2D eigenvalue weighted by atomic mass is 32.2. The lowest BCUT2D eigenvalue weighted by Gasteiger charge is -2.17. The normalized spacial score (nSPS) is 34.1. The number of hydrogen-bond acceptors (Lipinski definition) is 2. The Morgan fingerprint density at radius 3 is 2.73 bits per heavy atom. The summed E-state index contributed by atoms with van der Waals surface area (Å²) in [4.78, 5) is 0. The fraction of sp³-hybridized carbons (Fsp3) is 1.00. The van der Waals surface area contributed by atoms with Crippen LogP contribution in [0.15, 0.2) is 0 Å². The van der Waals surface area contributed by atoms with Gasteiger partial charge in [-0.15, -0.1) is 0 Å². The SMILES string of the molecule is CC(CO)CC1CSCC1C. The molecule has 1 heterocycles. The zero-order chi connectivity index (χ0) is 8.27. The molecule has 0 bridgehead atoms. The van der Waals surface area contributed by atoms with E-state index in [1.165, 1.54) is 17.9 Å². The van der Waals surface area contributed by atoms with E-state index in [0.717, 1.165) is 11.8 Å². The minimum absolute atomic E-state index is 0.355. The van der Waals surface area contributed by atoms with Crippen molar-refractivity contribution in [2.24, 2.45) is 17.8 Å². The minimum atomic E-state index is 0.355. The summed E-state index contributed by atoms with van der Waals surface area (Å²) in [5.74, 6) is 4.87. The van der Waals surface area contributed by atoms with Gasteiger partial charge in [0.05, 0.1) is 0 Å². The van der Waals surface area contributed by atoms with Crippen molar-refractivity contribution in [2.45, 2.75) is 20.3 Å². The van der Waals surface area contributed by atoms with Crippen molar-refractivity contribution < 1.29 is 5.11 Å². The van der Waals surface area contributed by atoms with E-state index in [2.05, 4.69) is 25.6 Å². The van der Waals surface area contributed by atoms with Crippen LogP contribution in [0.2, 0.25) is 0 Å². The van der Waals surface area contributed by atoms with Gasteiger partial charge in [-0.3, -0.25) is 0 Å². The van der Waals surface area contributed by atoms with Gasteiger partial charge in [0.15, 0.2) is 0 Å². The fourth-order valence-corrected chi connectivity index (χ4v) is 3.14. The van der Waals surface area contributed by atoms with Gasteiger partial charge in [0.1, 0.15) is 0 Å². The maximum atomic E-state index is 8.87. The average molecular weight is 174 g/mol. The van der Waals surface area contributed by atoms with Crippen molar-refractivity contribution in [3.63, 3.8) is 0 Å². The Hall–Kier alpha value is 0.310. The summed E-state index contributed by atoms with van der Waals surface area (Å²) in [5, 5.41) is 8.87. The Labute approximate surface area is 73.6 Å². The third-order valence-corrected chi connectivity index (χ3v) is 3.96. The second-order valence-electron chi connectivity index (χ2n) is 3.80. The lowest BCUT2D eigenvalue weighted by atomic mass is 9.89. The highest BCUT2D eigenvalue weighted by molar-refractivity contribution is 7.99. The Balaban J connectivity index is 2.24. The topological polar surface area (TPSA) is 20.2 Å². The van der Waals surface area contributed by atoms with E-state index < -0.39 is 0 Å². The molecule has 0 aromatic heterocycles. The molecule has 1 aliphatic rings. The number of thioether (sulfide) groups is 1. The van der Waals surface area contributed by atoms with Crippen LogP contribution in [0.4, 0.5) is 0 Å². The summed E-state index contributed by atoms with van der Waals surface area (Å²) in [6.07, 6.45) is 1.21. The van der Waals surface area contributed by atoms with E-state index in [9.17, 15) is 0 Å². The van der Waals surface area contributed by atoms with Crippen LogP contribution in [-0.4, -0.2) is 23.2 Å². The highest BCUT2D eigenvalue weighted by Crippen LogP contribution is 2.33. The third-order valence-electron chi connectivity index (χ3n) is 2.53. The Morgan fingerprint density at radius 1 is 1.55 bits per heavy atom. The van der Waals surface area contributed by atoms with Crippen LogP contribution in [-0.2, 0) is 0 Å². The molecule has 0 aromatic rings. The van der Waals surface area contributed by atoms with Gasteiger partial charge in [-0.05, 0) is 35.7 Å². The Kier molecular flexibility index (Phi) is 3.73. The monoisotopic (exact) mass is 174 g/mol. The summed E-state index contributed by atoms with van der Waals surface area (Å²) >= 11 is 2.06. The zero-order valence-corrected chi connectivity index (χ0v) is 8.23. The van der Waals surface area contributed by atoms with Gasteiger partial charge in [0.25, 0.3) is 0 Å². The summed E-state index contributed by atoms with van der Waals surface area (Å²) < 4.78 is 0. The predicted molar refractivity (Wildman–Crippen MR) is 50.8 cm³/mol. The standard InChI is InChI=1S/C9H18OS/c1-7(4-10)3-9-6-11-5-8(9)2/h7-10H,3-6H2,1-2H3. The number of rotatable bonds is 3. The van der Waals surface area contributed by atoms with E-state index in [0.29, 0.717) is 12.5 Å². The summed E-state index contributed by atoms with van der Waals surface area (Å²) in [5.41, 5.74) is 0. The van der Waals surface area contributed by atoms with Crippen molar-refractivity contribution in [1.82, 2.24) is 0 Å². The van der Waals surface area contributed by atoms with Crippen LogP contribution in [0.5, 0.6) is 0 Å². The summed E-state index contributed by atoms with van der Waals surface area (Å²) in [6, 6.07) is 0. The van der Waals surface area contributed by atoms with E-state index in [4.69, 9.17) is 5.11 Å². The summed E-state index contributed by atoms with van der Waals surface area (Å²) in [6.45, 7) is 4.82. The third kappa shape index (κ3) is 2.68. The molecule has 1 rings (SSSR count). The quantitative estimate of drug-likeness (QED) is 0.706. The second-order valence-corrected chi connectivity index (χ2v) is 4.87. The van der Waals surface area contributed by atoms with Crippen LogP contribution in [0, 0.1) is 17.8 Å². The lowest BCUT2D eigenvalue weighted by Crippen LogP contribution is -2.14. The molecule has 1 fully saturated rings. The molecule has 1 saturated heterocycles. The van der Waals surface area contributed by atoms with E-state index in [1.807, 2.05) is 0 Å². The molecule has 3 unspecified atom stereocenters. The zero-order valence-electron chi connectivity index (χ0n) is 7.42. The maximum absolute atomic E-state index is 8.87. The van der Waals surface area contributed by atoms with Crippen molar-refractivity contribution in [2.75, 3.05) is 18.1 Å². The molecule has 0 spiro atoms. The molecule has 1 nitrogen and oxygen atoms in total. The molecule has 0 amide bonds. The van der Waals surface area contributed by atoms with Gasteiger partial charge in [-0.2, -0.15) is 11.8 Å². The molecule has 0 radical (unpaired) electrons. The van der Waals surface area contributed by atoms with E-state index in [-0.39, 0.29) is 0 Å². The van der Waals surface area contributed by atoms with Crippen LogP contribution in [0.1, 0.15) is 20.3 Å². The molecule has 1 N–H and O–H groups in total. The predicted octanol–water partition coefficient (Wildman–Crippen LogP) is 2.00. The van der Waals surface area contributed by atoms with Gasteiger partial charge >= 0.3 is 0 Å². The average Bonchev–Trinajstić information content (AvgIpc) is 2.37. The fourth-order valence-electron chi connectivity index (χ4n) is 1.60. The molecule has 1 aliphatic heterocycles. The molecular formula is C9H18OS. The number of aliphatic hydroxyl groups excluding tert-OH is 1. The molecule has 66 valence electrons. The van der Waals surface area contributed by atoms with Crippen molar-refractivity contribution in [1.29, 1.82) is 0 Å². The van der Waals surface area contributed by atoms with Crippen LogP contribution in [0.25, 0.3) is 0 Å². The molecule has 3 atom stereocenters. The van der Waals surface area contributed by atoms with Crippen LogP contribution >= 0.6 is 11.8 Å². The molecular weight excluding hydrogens is 156 g/mol. The first-order valence-corrected chi connectivity index (χ1v) is 5.58. The molecule has 11 heavy (non-hydrogen) atoms. The highest BCUT2D eigenvalue weighted by Gasteiger charge is 2.24. The van der Waals surface area contributed by atoms with E-state index >= 15 is 0 Å². The van der Waals surface area contributed by atoms with Gasteiger partial charge in [-0.25, -0.2) is 0 Å². The lowest BCUT2D eigenvalue weighted by molar-refractivity contribution is 0.207. The molecule has 0 saturated carbocycles. The Morgan fingerprint density at radius 2 is 2.27 bits per heavy atom. The molecule has 2 heteroatoms. The molecule has 0 aliphatic carbocycles. The smallest absolute Gasteiger partial charge is 0.0456 e. The molecule has 0 aromatic carbocycles. The van der Waals surface area contributed by atoms with Crippen molar-refractivity contribution >= 4 is 11.8 Å². The van der Waals surface area contributed by atoms with Crippen molar-refractivity contribution in [3.05, 3.63) is 0 Å². The van der Waals surface area contributed by atoms with Gasteiger partial charge in [0.2, 0.25) is 0 Å². The van der Waals surface area contributed by atoms with Gasteiger partial charge in [0, 0.05) is 6.61 Å². The first-order valence-electron chi connectivity index (χ1n) is 4.42. The van der Waals surface area contributed by atoms with Crippen molar-refractivity contribution in [3.8, 4) is 0 Å².